The topological polar surface area (TPSA) is 84.0 Å². The number of nitrogens with zero attached hydrogens (tertiary/aromatic N) is 2. The molecule has 36 heavy (non-hydrogen) atoms. The predicted octanol–water partition coefficient (Wildman–Crippen LogP) is 4.42. The highest BCUT2D eigenvalue weighted by atomic mass is 35.5. The number of imide groups is 1. The number of amides is 3. The molecule has 1 unspecified atom stereocenters. The van der Waals surface area contributed by atoms with E-state index in [1.54, 1.807) is 31.2 Å². The number of rotatable bonds is 8. The van der Waals surface area contributed by atoms with Crippen LogP contribution in [0, 0.1) is 0 Å². The summed E-state index contributed by atoms with van der Waals surface area (Å²) in [5.74, 6) is -1.65. The van der Waals surface area contributed by atoms with Gasteiger partial charge in [-0.25, -0.2) is 9.69 Å². The molecule has 0 saturated carbocycles. The van der Waals surface area contributed by atoms with Crippen molar-refractivity contribution < 1.29 is 23.9 Å². The molecule has 0 radical (unpaired) electrons. The van der Waals surface area contributed by atoms with Gasteiger partial charge >= 0.3 is 5.97 Å². The van der Waals surface area contributed by atoms with Crippen LogP contribution in [0.1, 0.15) is 34.8 Å². The van der Waals surface area contributed by atoms with E-state index in [2.05, 4.69) is 0 Å². The first kappa shape index (κ1) is 25.1. The number of esters is 1. The average Bonchev–Trinajstić information content (AvgIpc) is 3.18. The summed E-state index contributed by atoms with van der Waals surface area (Å²) in [6, 6.07) is 21.4. The molecule has 0 bridgehead atoms. The van der Waals surface area contributed by atoms with Crippen LogP contribution in [0.3, 0.4) is 0 Å². The van der Waals surface area contributed by atoms with Gasteiger partial charge in [0.1, 0.15) is 6.04 Å². The fourth-order valence-corrected chi connectivity index (χ4v) is 4.25. The number of carbonyl (C=O) groups excluding carboxylic acids is 4. The predicted molar refractivity (Wildman–Crippen MR) is 135 cm³/mol. The van der Waals surface area contributed by atoms with Gasteiger partial charge in [-0.15, -0.1) is 0 Å². The SMILES string of the molecule is CCOC(=O)c1ccc(N2C(=O)CC(N(Cc3ccccc3)C(=O)Cc3ccc(Cl)cc3)C2=O)cc1. The van der Waals surface area contributed by atoms with Crippen LogP contribution in [0.25, 0.3) is 0 Å². The second-order valence-corrected chi connectivity index (χ2v) is 8.80. The summed E-state index contributed by atoms with van der Waals surface area (Å²) in [6.45, 7) is 2.14. The van der Waals surface area contributed by atoms with Gasteiger partial charge in [0, 0.05) is 11.6 Å². The molecule has 0 N–H and O–H groups in total. The molecule has 3 aromatic carbocycles. The highest BCUT2D eigenvalue weighted by Gasteiger charge is 2.44. The van der Waals surface area contributed by atoms with E-state index in [-0.39, 0.29) is 31.9 Å². The molecule has 3 amide bonds. The van der Waals surface area contributed by atoms with Gasteiger partial charge < -0.3 is 9.64 Å². The lowest BCUT2D eigenvalue weighted by Gasteiger charge is -2.28. The Labute approximate surface area is 214 Å². The van der Waals surface area contributed by atoms with Crippen LogP contribution in [0.15, 0.2) is 78.9 Å². The molecule has 0 aromatic heterocycles. The maximum Gasteiger partial charge on any atom is 0.338 e. The Bertz CT molecular complexity index is 1260. The van der Waals surface area contributed by atoms with Crippen molar-refractivity contribution in [1.82, 2.24) is 4.90 Å². The molecule has 0 spiro atoms. The summed E-state index contributed by atoms with van der Waals surface area (Å²) >= 11 is 5.97. The maximum atomic E-state index is 13.5. The van der Waals surface area contributed by atoms with Crippen molar-refractivity contribution in [2.45, 2.75) is 32.4 Å². The molecule has 1 aliphatic rings. The molecular formula is C28H25ClN2O5. The molecule has 1 saturated heterocycles. The van der Waals surface area contributed by atoms with E-state index < -0.39 is 23.8 Å². The van der Waals surface area contributed by atoms with Crippen LogP contribution in [-0.2, 0) is 32.1 Å². The maximum absolute atomic E-state index is 13.5. The van der Waals surface area contributed by atoms with E-state index in [0.717, 1.165) is 16.0 Å². The third-order valence-corrected chi connectivity index (χ3v) is 6.17. The number of hydrogen-bond donors (Lipinski definition) is 0. The highest BCUT2D eigenvalue weighted by molar-refractivity contribution is 6.30. The molecule has 1 aliphatic heterocycles. The zero-order valence-electron chi connectivity index (χ0n) is 19.7. The number of hydrogen-bond acceptors (Lipinski definition) is 5. The normalized spacial score (nSPS) is 15.2. The highest BCUT2D eigenvalue weighted by Crippen LogP contribution is 2.28. The molecule has 8 heteroatoms. The van der Waals surface area contributed by atoms with Gasteiger partial charge in [0.15, 0.2) is 0 Å². The molecule has 1 fully saturated rings. The Morgan fingerprint density at radius 1 is 0.944 bits per heavy atom. The van der Waals surface area contributed by atoms with Crippen LogP contribution < -0.4 is 4.90 Å². The minimum absolute atomic E-state index is 0.0657. The van der Waals surface area contributed by atoms with Crippen LogP contribution >= 0.6 is 11.6 Å². The summed E-state index contributed by atoms with van der Waals surface area (Å²) in [7, 11) is 0. The Kier molecular flexibility index (Phi) is 7.80. The van der Waals surface area contributed by atoms with Crippen LogP contribution in [0.2, 0.25) is 5.02 Å². The lowest BCUT2D eigenvalue weighted by Crippen LogP contribution is -2.45. The van der Waals surface area contributed by atoms with Crippen molar-refractivity contribution >= 4 is 41.0 Å². The van der Waals surface area contributed by atoms with E-state index in [1.807, 2.05) is 30.3 Å². The van der Waals surface area contributed by atoms with Crippen LogP contribution in [-0.4, -0.2) is 41.2 Å². The zero-order valence-corrected chi connectivity index (χ0v) is 20.5. The molecule has 1 atom stereocenters. The summed E-state index contributed by atoms with van der Waals surface area (Å²) in [4.78, 5) is 54.3. The van der Waals surface area contributed by atoms with Crippen molar-refractivity contribution in [2.24, 2.45) is 0 Å². The lowest BCUT2D eigenvalue weighted by molar-refractivity contribution is -0.138. The number of benzene rings is 3. The summed E-state index contributed by atoms with van der Waals surface area (Å²) in [6.07, 6.45) is -0.0616. The van der Waals surface area contributed by atoms with Crippen molar-refractivity contribution in [1.29, 1.82) is 0 Å². The fourth-order valence-electron chi connectivity index (χ4n) is 4.12. The number of halogens is 1. The Morgan fingerprint density at radius 2 is 1.61 bits per heavy atom. The average molecular weight is 505 g/mol. The Balaban J connectivity index is 1.58. The van der Waals surface area contributed by atoms with Gasteiger partial charge in [0.25, 0.3) is 5.91 Å². The second-order valence-electron chi connectivity index (χ2n) is 8.37. The standard InChI is InChI=1S/C28H25ClN2O5/c1-2-36-28(35)21-10-14-23(15-11-21)31-26(33)17-24(27(31)34)30(18-20-6-4-3-5-7-20)25(32)16-19-8-12-22(29)13-9-19/h3-15,24H,2,16-18H2,1H3. The minimum Gasteiger partial charge on any atom is -0.462 e. The van der Waals surface area contributed by atoms with Crippen molar-refractivity contribution in [3.8, 4) is 0 Å². The summed E-state index contributed by atoms with van der Waals surface area (Å²) < 4.78 is 4.98. The molecule has 0 aliphatic carbocycles. The molecular weight excluding hydrogens is 480 g/mol. The van der Waals surface area contributed by atoms with Crippen LogP contribution in [0.4, 0.5) is 5.69 Å². The number of anilines is 1. The van der Waals surface area contributed by atoms with E-state index in [9.17, 15) is 19.2 Å². The quantitative estimate of drug-likeness (QED) is 0.335. The van der Waals surface area contributed by atoms with Crippen molar-refractivity contribution in [3.05, 3.63) is 101 Å². The molecule has 4 rings (SSSR count). The van der Waals surface area contributed by atoms with Gasteiger partial charge in [-0.05, 0) is 54.4 Å². The van der Waals surface area contributed by atoms with Gasteiger partial charge in [-0.2, -0.15) is 0 Å². The van der Waals surface area contributed by atoms with Crippen LogP contribution in [0.5, 0.6) is 0 Å². The third-order valence-electron chi connectivity index (χ3n) is 5.92. The summed E-state index contributed by atoms with van der Waals surface area (Å²) in [5.41, 5.74) is 2.26. The first-order valence-electron chi connectivity index (χ1n) is 11.6. The minimum atomic E-state index is -0.942. The largest absolute Gasteiger partial charge is 0.462 e. The number of ether oxygens (including phenoxy) is 1. The van der Waals surface area contributed by atoms with E-state index in [0.29, 0.717) is 16.3 Å². The third kappa shape index (κ3) is 5.63. The van der Waals surface area contributed by atoms with Gasteiger partial charge in [-0.3, -0.25) is 14.4 Å². The molecule has 184 valence electrons. The molecule has 7 nitrogen and oxygen atoms in total. The Hall–Kier alpha value is -3.97. The van der Waals surface area contributed by atoms with E-state index >= 15 is 0 Å². The van der Waals surface area contributed by atoms with E-state index in [4.69, 9.17) is 16.3 Å². The lowest BCUT2D eigenvalue weighted by atomic mass is 10.1. The first-order valence-corrected chi connectivity index (χ1v) is 12.0. The zero-order chi connectivity index (χ0) is 25.7. The second kappa shape index (κ2) is 11.2. The van der Waals surface area contributed by atoms with E-state index in [1.165, 1.54) is 29.2 Å². The molecule has 1 heterocycles. The van der Waals surface area contributed by atoms with Gasteiger partial charge in [-0.1, -0.05) is 54.1 Å². The smallest absolute Gasteiger partial charge is 0.338 e. The van der Waals surface area contributed by atoms with Crippen molar-refractivity contribution in [3.63, 3.8) is 0 Å². The summed E-state index contributed by atoms with van der Waals surface area (Å²) in [5, 5.41) is 0.563. The molecule has 3 aromatic rings. The Morgan fingerprint density at radius 3 is 2.25 bits per heavy atom. The van der Waals surface area contributed by atoms with Gasteiger partial charge in [0.05, 0.1) is 30.7 Å². The number of carbonyl (C=O) groups is 4. The first-order chi connectivity index (χ1) is 17.4. The van der Waals surface area contributed by atoms with Crippen molar-refractivity contribution in [2.75, 3.05) is 11.5 Å². The monoisotopic (exact) mass is 504 g/mol. The van der Waals surface area contributed by atoms with Gasteiger partial charge in [0.2, 0.25) is 11.8 Å². The fraction of sp³-hybridized carbons (Fsp3) is 0.214.